The molecule has 0 spiro atoms. The van der Waals surface area contributed by atoms with Crippen LogP contribution in [-0.4, -0.2) is 21.5 Å². The highest BCUT2D eigenvalue weighted by Crippen LogP contribution is 2.20. The number of rotatable bonds is 5. The Morgan fingerprint density at radius 2 is 1.84 bits per heavy atom. The quantitative estimate of drug-likeness (QED) is 0.748. The molecule has 3 rings (SSSR count). The Balaban J connectivity index is 1.76. The molecule has 0 aliphatic rings. The van der Waals surface area contributed by atoms with Gasteiger partial charge in [0, 0.05) is 42.2 Å². The zero-order chi connectivity index (χ0) is 17.8. The SMILES string of the molecule is Cc1cc(NCCc2cc[nH]c(=O)c2)nc(-c2cc(F)cc(F)c2)n1. The third-order valence-corrected chi connectivity index (χ3v) is 3.53. The van der Waals surface area contributed by atoms with Crippen LogP contribution >= 0.6 is 0 Å². The lowest BCUT2D eigenvalue weighted by Crippen LogP contribution is -2.10. The normalized spacial score (nSPS) is 10.7. The highest BCUT2D eigenvalue weighted by molar-refractivity contribution is 5.57. The first kappa shape index (κ1) is 16.8. The summed E-state index contributed by atoms with van der Waals surface area (Å²) in [5.41, 5.74) is 1.70. The Morgan fingerprint density at radius 1 is 1.08 bits per heavy atom. The van der Waals surface area contributed by atoms with Gasteiger partial charge in [-0.05, 0) is 37.1 Å². The number of nitrogens with zero attached hydrogens (tertiary/aromatic N) is 2. The van der Waals surface area contributed by atoms with E-state index in [1.54, 1.807) is 19.2 Å². The number of pyridine rings is 1. The van der Waals surface area contributed by atoms with Gasteiger partial charge in [-0.2, -0.15) is 0 Å². The van der Waals surface area contributed by atoms with Gasteiger partial charge in [-0.1, -0.05) is 0 Å². The second-order valence-corrected chi connectivity index (χ2v) is 5.61. The number of anilines is 1. The second kappa shape index (κ2) is 7.21. The molecule has 3 aromatic rings. The van der Waals surface area contributed by atoms with Crippen molar-refractivity contribution in [1.82, 2.24) is 15.0 Å². The van der Waals surface area contributed by atoms with E-state index in [1.165, 1.54) is 18.2 Å². The van der Waals surface area contributed by atoms with Gasteiger partial charge in [0.05, 0.1) is 0 Å². The first-order chi connectivity index (χ1) is 12.0. The van der Waals surface area contributed by atoms with Crippen molar-refractivity contribution in [2.24, 2.45) is 0 Å². The van der Waals surface area contributed by atoms with Crippen LogP contribution in [0.25, 0.3) is 11.4 Å². The highest BCUT2D eigenvalue weighted by Gasteiger charge is 2.08. The van der Waals surface area contributed by atoms with Crippen molar-refractivity contribution in [3.8, 4) is 11.4 Å². The monoisotopic (exact) mass is 342 g/mol. The van der Waals surface area contributed by atoms with Crippen molar-refractivity contribution in [2.45, 2.75) is 13.3 Å². The van der Waals surface area contributed by atoms with Gasteiger partial charge in [-0.3, -0.25) is 4.79 Å². The zero-order valence-corrected chi connectivity index (χ0v) is 13.5. The molecule has 7 heteroatoms. The minimum atomic E-state index is -0.677. The summed E-state index contributed by atoms with van der Waals surface area (Å²) in [5.74, 6) is -0.554. The summed E-state index contributed by atoms with van der Waals surface area (Å²) in [5, 5.41) is 3.14. The maximum atomic E-state index is 13.4. The number of benzene rings is 1. The fraction of sp³-hybridized carbons (Fsp3) is 0.167. The molecule has 0 atom stereocenters. The molecule has 0 radical (unpaired) electrons. The van der Waals surface area contributed by atoms with Crippen molar-refractivity contribution >= 4 is 5.82 Å². The smallest absolute Gasteiger partial charge is 0.248 e. The largest absolute Gasteiger partial charge is 0.370 e. The highest BCUT2D eigenvalue weighted by atomic mass is 19.1. The van der Waals surface area contributed by atoms with E-state index in [0.717, 1.165) is 11.6 Å². The number of aromatic nitrogens is 3. The Bertz CT molecular complexity index is 936. The Labute approximate surface area is 142 Å². The molecule has 128 valence electrons. The van der Waals surface area contributed by atoms with Crippen LogP contribution in [0.2, 0.25) is 0 Å². The van der Waals surface area contributed by atoms with Crippen LogP contribution in [0.4, 0.5) is 14.6 Å². The third-order valence-electron chi connectivity index (χ3n) is 3.53. The zero-order valence-electron chi connectivity index (χ0n) is 13.5. The van der Waals surface area contributed by atoms with Gasteiger partial charge < -0.3 is 10.3 Å². The van der Waals surface area contributed by atoms with E-state index in [4.69, 9.17) is 0 Å². The lowest BCUT2D eigenvalue weighted by atomic mass is 10.2. The summed E-state index contributed by atoms with van der Waals surface area (Å²) in [6, 6.07) is 8.30. The fourth-order valence-electron chi connectivity index (χ4n) is 2.45. The molecule has 0 saturated carbocycles. The minimum absolute atomic E-state index is 0.147. The van der Waals surface area contributed by atoms with Crippen LogP contribution in [-0.2, 0) is 6.42 Å². The molecule has 2 heterocycles. The van der Waals surface area contributed by atoms with Gasteiger partial charge in [0.2, 0.25) is 5.56 Å². The van der Waals surface area contributed by atoms with Crippen molar-refractivity contribution in [2.75, 3.05) is 11.9 Å². The molecule has 0 bridgehead atoms. The van der Waals surface area contributed by atoms with E-state index < -0.39 is 11.6 Å². The summed E-state index contributed by atoms with van der Waals surface area (Å²) in [4.78, 5) is 22.4. The summed E-state index contributed by atoms with van der Waals surface area (Å²) in [6.45, 7) is 2.33. The molecule has 0 fully saturated rings. The number of hydrogen-bond donors (Lipinski definition) is 2. The first-order valence-corrected chi connectivity index (χ1v) is 7.73. The molecule has 2 N–H and O–H groups in total. The molecule has 25 heavy (non-hydrogen) atoms. The van der Waals surface area contributed by atoms with E-state index in [1.807, 2.05) is 6.07 Å². The summed E-state index contributed by atoms with van der Waals surface area (Å²) in [7, 11) is 0. The van der Waals surface area contributed by atoms with E-state index in [9.17, 15) is 13.6 Å². The maximum Gasteiger partial charge on any atom is 0.248 e. The molecule has 1 aromatic carbocycles. The van der Waals surface area contributed by atoms with Crippen molar-refractivity contribution in [3.05, 3.63) is 75.8 Å². The van der Waals surface area contributed by atoms with Gasteiger partial charge in [0.25, 0.3) is 0 Å². The van der Waals surface area contributed by atoms with Crippen LogP contribution in [0.5, 0.6) is 0 Å². The molecule has 0 saturated heterocycles. The topological polar surface area (TPSA) is 70.7 Å². The molecule has 0 aliphatic heterocycles. The fourth-order valence-corrected chi connectivity index (χ4v) is 2.45. The van der Waals surface area contributed by atoms with Gasteiger partial charge in [-0.15, -0.1) is 0 Å². The Kier molecular flexibility index (Phi) is 4.83. The van der Waals surface area contributed by atoms with Crippen LogP contribution in [0.3, 0.4) is 0 Å². The average Bonchev–Trinajstić information content (AvgIpc) is 2.53. The predicted molar refractivity (Wildman–Crippen MR) is 91.4 cm³/mol. The van der Waals surface area contributed by atoms with Crippen molar-refractivity contribution < 1.29 is 8.78 Å². The number of aryl methyl sites for hydroxylation is 1. The number of H-pyrrole nitrogens is 1. The molecule has 0 amide bonds. The van der Waals surface area contributed by atoms with Crippen LogP contribution in [0.1, 0.15) is 11.3 Å². The Hall–Kier alpha value is -3.09. The second-order valence-electron chi connectivity index (χ2n) is 5.61. The summed E-state index contributed by atoms with van der Waals surface area (Å²) >= 11 is 0. The molecule has 2 aromatic heterocycles. The first-order valence-electron chi connectivity index (χ1n) is 7.73. The number of halogens is 2. The Morgan fingerprint density at radius 3 is 2.56 bits per heavy atom. The molecular weight excluding hydrogens is 326 g/mol. The van der Waals surface area contributed by atoms with E-state index in [-0.39, 0.29) is 16.9 Å². The maximum absolute atomic E-state index is 13.4. The van der Waals surface area contributed by atoms with Crippen LogP contribution < -0.4 is 10.9 Å². The minimum Gasteiger partial charge on any atom is -0.370 e. The van der Waals surface area contributed by atoms with Gasteiger partial charge in [-0.25, -0.2) is 18.7 Å². The predicted octanol–water partition coefficient (Wildman–Crippen LogP) is 3.07. The molecular formula is C18H16F2N4O. The molecule has 0 aliphatic carbocycles. The average molecular weight is 342 g/mol. The van der Waals surface area contributed by atoms with E-state index in [0.29, 0.717) is 24.5 Å². The van der Waals surface area contributed by atoms with Crippen molar-refractivity contribution in [1.29, 1.82) is 0 Å². The summed E-state index contributed by atoms with van der Waals surface area (Å²) in [6.07, 6.45) is 2.24. The van der Waals surface area contributed by atoms with Gasteiger partial charge in [0.15, 0.2) is 5.82 Å². The standard InChI is InChI=1S/C18H16F2N4O/c1-11-6-16(21-4-2-12-3-5-22-17(25)7-12)24-18(23-11)13-8-14(19)10-15(20)9-13/h3,5-10H,2,4H2,1H3,(H,22,25)(H,21,23,24). The third kappa shape index (κ3) is 4.47. The molecule has 5 nitrogen and oxygen atoms in total. The van der Waals surface area contributed by atoms with E-state index >= 15 is 0 Å². The van der Waals surface area contributed by atoms with Gasteiger partial charge >= 0.3 is 0 Å². The summed E-state index contributed by atoms with van der Waals surface area (Å²) < 4.78 is 26.8. The molecule has 0 unspecified atom stereocenters. The lowest BCUT2D eigenvalue weighted by molar-refractivity contribution is 0.584. The number of hydrogen-bond acceptors (Lipinski definition) is 4. The van der Waals surface area contributed by atoms with Crippen LogP contribution in [0, 0.1) is 18.6 Å². The van der Waals surface area contributed by atoms with Crippen LogP contribution in [0.15, 0.2) is 47.4 Å². The van der Waals surface area contributed by atoms with Crippen molar-refractivity contribution in [3.63, 3.8) is 0 Å². The van der Waals surface area contributed by atoms with E-state index in [2.05, 4.69) is 20.3 Å². The number of nitrogens with one attached hydrogen (secondary N) is 2. The van der Waals surface area contributed by atoms with Gasteiger partial charge in [0.1, 0.15) is 17.5 Å². The number of aromatic amines is 1. The lowest BCUT2D eigenvalue weighted by Gasteiger charge is -2.09.